The summed E-state index contributed by atoms with van der Waals surface area (Å²) in [7, 11) is 0. The van der Waals surface area contributed by atoms with Gasteiger partial charge in [-0.05, 0) is 50.0 Å². The topological polar surface area (TPSA) is 59.1 Å². The zero-order valence-electron chi connectivity index (χ0n) is 16.9. The molecular weight excluding hydrogens is 352 g/mol. The Kier molecular flexibility index (Phi) is 6.50. The Labute approximate surface area is 168 Å². The van der Waals surface area contributed by atoms with Crippen molar-refractivity contribution in [3.63, 3.8) is 0 Å². The number of hydrogen-bond acceptors (Lipinski definition) is 5. The zero-order valence-corrected chi connectivity index (χ0v) is 16.9. The van der Waals surface area contributed by atoms with Crippen molar-refractivity contribution in [1.82, 2.24) is 9.80 Å². The normalized spacial score (nSPS) is 23.0. The number of likely N-dealkylation sites (tertiary alicyclic amines) is 1. The van der Waals surface area contributed by atoms with Gasteiger partial charge in [-0.1, -0.05) is 18.9 Å². The molecule has 6 heteroatoms. The van der Waals surface area contributed by atoms with Crippen LogP contribution in [0.25, 0.3) is 0 Å². The lowest BCUT2D eigenvalue weighted by molar-refractivity contribution is -0.116. The number of aliphatic hydroxyl groups is 1. The molecule has 0 aliphatic carbocycles. The van der Waals surface area contributed by atoms with Gasteiger partial charge >= 0.3 is 0 Å². The van der Waals surface area contributed by atoms with Crippen LogP contribution in [0, 0.1) is 0 Å². The van der Waals surface area contributed by atoms with Crippen LogP contribution in [-0.2, 0) is 11.2 Å². The lowest BCUT2D eigenvalue weighted by Crippen LogP contribution is -2.50. The van der Waals surface area contributed by atoms with E-state index in [2.05, 4.69) is 26.1 Å². The first-order valence-electron chi connectivity index (χ1n) is 11.0. The Balaban J connectivity index is 1.28. The molecule has 2 N–H and O–H groups in total. The Morgan fingerprint density at radius 1 is 0.893 bits per heavy atom. The fourth-order valence-electron chi connectivity index (χ4n) is 4.85. The number of nitrogens with one attached hydrogen (secondary N) is 1. The first-order valence-corrected chi connectivity index (χ1v) is 11.0. The average Bonchev–Trinajstić information content (AvgIpc) is 2.96. The van der Waals surface area contributed by atoms with Crippen LogP contribution in [0.15, 0.2) is 18.2 Å². The molecule has 3 aliphatic heterocycles. The summed E-state index contributed by atoms with van der Waals surface area (Å²) in [5, 5.41) is 13.6. The number of carbonyl (C=O) groups excluding carboxylic acids is 1. The lowest BCUT2D eigenvalue weighted by atomic mass is 10.00. The maximum Gasteiger partial charge on any atom is 0.224 e. The van der Waals surface area contributed by atoms with Gasteiger partial charge in [0.15, 0.2) is 0 Å². The van der Waals surface area contributed by atoms with E-state index in [1.807, 2.05) is 12.1 Å². The maximum absolute atomic E-state index is 11.7. The number of piperazine rings is 1. The average molecular weight is 387 g/mol. The SMILES string of the molecule is O=C1CCc2c(cccc2N2CCN(CC(O)CN3CCCCCC3)CC2)N1. The van der Waals surface area contributed by atoms with Gasteiger partial charge in [-0.3, -0.25) is 9.69 Å². The highest BCUT2D eigenvalue weighted by molar-refractivity contribution is 5.95. The number of fused-ring (bicyclic) bond motifs is 1. The van der Waals surface area contributed by atoms with Crippen LogP contribution in [0.5, 0.6) is 0 Å². The van der Waals surface area contributed by atoms with Crippen molar-refractivity contribution in [1.29, 1.82) is 0 Å². The Bertz CT molecular complexity index is 665. The Morgan fingerprint density at radius 2 is 1.57 bits per heavy atom. The first-order chi connectivity index (χ1) is 13.7. The third-order valence-electron chi connectivity index (χ3n) is 6.38. The highest BCUT2D eigenvalue weighted by Crippen LogP contribution is 2.32. The van der Waals surface area contributed by atoms with E-state index in [9.17, 15) is 9.90 Å². The molecule has 0 spiro atoms. The van der Waals surface area contributed by atoms with Gasteiger partial charge in [0.05, 0.1) is 6.10 Å². The van der Waals surface area contributed by atoms with Crippen molar-refractivity contribution in [2.24, 2.45) is 0 Å². The lowest BCUT2D eigenvalue weighted by Gasteiger charge is -2.38. The molecule has 3 heterocycles. The van der Waals surface area contributed by atoms with Crippen molar-refractivity contribution in [3.05, 3.63) is 23.8 Å². The predicted molar refractivity (Wildman–Crippen MR) is 113 cm³/mol. The van der Waals surface area contributed by atoms with Gasteiger partial charge in [0.2, 0.25) is 5.91 Å². The van der Waals surface area contributed by atoms with E-state index >= 15 is 0 Å². The Morgan fingerprint density at radius 3 is 2.29 bits per heavy atom. The van der Waals surface area contributed by atoms with Gasteiger partial charge in [-0.25, -0.2) is 0 Å². The molecule has 1 unspecified atom stereocenters. The second-order valence-electron chi connectivity index (χ2n) is 8.51. The summed E-state index contributed by atoms with van der Waals surface area (Å²) in [6.07, 6.45) is 6.35. The van der Waals surface area contributed by atoms with Crippen LogP contribution >= 0.6 is 0 Å². The number of anilines is 2. The maximum atomic E-state index is 11.7. The van der Waals surface area contributed by atoms with Crippen molar-refractivity contribution in [3.8, 4) is 0 Å². The number of rotatable bonds is 5. The summed E-state index contributed by atoms with van der Waals surface area (Å²) in [5.41, 5.74) is 3.52. The molecular formula is C22H34N4O2. The molecule has 1 aromatic carbocycles. The minimum Gasteiger partial charge on any atom is -0.390 e. The first kappa shape index (κ1) is 19.7. The van der Waals surface area contributed by atoms with Crippen LogP contribution in [-0.4, -0.2) is 79.3 Å². The van der Waals surface area contributed by atoms with E-state index < -0.39 is 0 Å². The number of benzene rings is 1. The summed E-state index contributed by atoms with van der Waals surface area (Å²) in [6.45, 7) is 7.77. The zero-order chi connectivity index (χ0) is 19.3. The fraction of sp³-hybridized carbons (Fsp3) is 0.682. The molecule has 2 saturated heterocycles. The van der Waals surface area contributed by atoms with Crippen molar-refractivity contribution in [2.75, 3.05) is 62.6 Å². The highest BCUT2D eigenvalue weighted by Gasteiger charge is 2.25. The molecule has 4 rings (SSSR count). The van der Waals surface area contributed by atoms with Crippen molar-refractivity contribution < 1.29 is 9.90 Å². The van der Waals surface area contributed by atoms with Crippen molar-refractivity contribution in [2.45, 2.75) is 44.6 Å². The smallest absolute Gasteiger partial charge is 0.224 e. The number of carbonyl (C=O) groups is 1. The van der Waals surface area contributed by atoms with Gasteiger partial charge in [0.25, 0.3) is 0 Å². The predicted octanol–water partition coefficient (Wildman–Crippen LogP) is 1.93. The van der Waals surface area contributed by atoms with E-state index in [1.165, 1.54) is 36.9 Å². The van der Waals surface area contributed by atoms with Gasteiger partial charge in [-0.15, -0.1) is 0 Å². The molecule has 0 radical (unpaired) electrons. The number of aliphatic hydroxyl groups excluding tert-OH is 1. The Hall–Kier alpha value is -1.63. The van der Waals surface area contributed by atoms with Crippen LogP contribution in [0.2, 0.25) is 0 Å². The molecule has 1 aromatic rings. The molecule has 0 bridgehead atoms. The van der Waals surface area contributed by atoms with Crippen LogP contribution in [0.4, 0.5) is 11.4 Å². The van der Waals surface area contributed by atoms with Crippen LogP contribution in [0.3, 0.4) is 0 Å². The van der Waals surface area contributed by atoms with Crippen LogP contribution in [0.1, 0.15) is 37.7 Å². The number of nitrogens with zero attached hydrogens (tertiary/aromatic N) is 3. The summed E-state index contributed by atoms with van der Waals surface area (Å²) in [4.78, 5) is 18.9. The monoisotopic (exact) mass is 386 g/mol. The molecule has 3 aliphatic rings. The van der Waals surface area contributed by atoms with E-state index in [-0.39, 0.29) is 12.0 Å². The van der Waals surface area contributed by atoms with Gasteiger partial charge in [-0.2, -0.15) is 0 Å². The van der Waals surface area contributed by atoms with Crippen LogP contribution < -0.4 is 10.2 Å². The summed E-state index contributed by atoms with van der Waals surface area (Å²) < 4.78 is 0. The quantitative estimate of drug-likeness (QED) is 0.810. The summed E-state index contributed by atoms with van der Waals surface area (Å²) in [6, 6.07) is 6.22. The highest BCUT2D eigenvalue weighted by atomic mass is 16.3. The van der Waals surface area contributed by atoms with E-state index in [0.29, 0.717) is 6.42 Å². The molecule has 1 atom stereocenters. The largest absolute Gasteiger partial charge is 0.390 e. The standard InChI is InChI=1S/C22H34N4O2/c27-18(16-24-10-3-1-2-4-11-24)17-25-12-14-26(15-13-25)21-7-5-6-20-19(21)8-9-22(28)23-20/h5-7,18,27H,1-4,8-17H2,(H,23,28). The summed E-state index contributed by atoms with van der Waals surface area (Å²) in [5.74, 6) is 0.118. The van der Waals surface area contributed by atoms with E-state index in [4.69, 9.17) is 0 Å². The number of hydrogen-bond donors (Lipinski definition) is 2. The molecule has 2 fully saturated rings. The minimum absolute atomic E-state index is 0.118. The fourth-order valence-corrected chi connectivity index (χ4v) is 4.85. The third kappa shape index (κ3) is 4.85. The third-order valence-corrected chi connectivity index (χ3v) is 6.38. The van der Waals surface area contributed by atoms with E-state index in [0.717, 1.165) is 64.5 Å². The minimum atomic E-state index is -0.260. The molecule has 0 aromatic heterocycles. The molecule has 28 heavy (non-hydrogen) atoms. The number of β-amino-alcohol motifs (C(OH)–C–C–N with tert-alkyl or cyclic N) is 1. The summed E-state index contributed by atoms with van der Waals surface area (Å²) >= 11 is 0. The number of amides is 1. The molecule has 0 saturated carbocycles. The van der Waals surface area contributed by atoms with E-state index in [1.54, 1.807) is 0 Å². The molecule has 1 amide bonds. The van der Waals surface area contributed by atoms with Gasteiger partial charge in [0, 0.05) is 57.1 Å². The van der Waals surface area contributed by atoms with Gasteiger partial charge < -0.3 is 20.2 Å². The van der Waals surface area contributed by atoms with Gasteiger partial charge in [0.1, 0.15) is 0 Å². The second kappa shape index (κ2) is 9.25. The van der Waals surface area contributed by atoms with Crippen molar-refractivity contribution >= 4 is 17.3 Å². The molecule has 154 valence electrons. The second-order valence-corrected chi connectivity index (χ2v) is 8.51. The molecule has 6 nitrogen and oxygen atoms in total.